The third kappa shape index (κ3) is 2.48. The summed E-state index contributed by atoms with van der Waals surface area (Å²) in [5, 5.41) is 0. The van der Waals surface area contributed by atoms with E-state index in [9.17, 15) is 4.79 Å². The van der Waals surface area contributed by atoms with Gasteiger partial charge in [0.1, 0.15) is 0 Å². The minimum atomic E-state index is 0.0941. The molecule has 0 radical (unpaired) electrons. The van der Waals surface area contributed by atoms with Gasteiger partial charge in [-0.3, -0.25) is 4.79 Å². The number of carbonyl (C=O) groups is 1. The van der Waals surface area contributed by atoms with E-state index in [0.29, 0.717) is 6.54 Å². The molecule has 0 aliphatic carbocycles. The topological polar surface area (TPSA) is 20.3 Å². The highest BCUT2D eigenvalue weighted by atomic mass is 79.9. The van der Waals surface area contributed by atoms with E-state index in [1.54, 1.807) is 0 Å². The first kappa shape index (κ1) is 15.3. The summed E-state index contributed by atoms with van der Waals surface area (Å²) in [6.07, 6.45) is 0. The SMILES string of the molecule is Cc1c(Br)cccc1N1Cc2cc(C(C)(C)C)ccc2C1=O. The van der Waals surface area contributed by atoms with Crippen LogP contribution in [0.5, 0.6) is 0 Å². The maximum atomic E-state index is 12.7. The molecule has 0 bridgehead atoms. The summed E-state index contributed by atoms with van der Waals surface area (Å²) in [6.45, 7) is 9.27. The van der Waals surface area contributed by atoms with Crippen LogP contribution in [-0.2, 0) is 12.0 Å². The second kappa shape index (κ2) is 5.24. The molecule has 3 rings (SSSR count). The molecule has 3 heteroatoms. The van der Waals surface area contributed by atoms with E-state index in [0.717, 1.165) is 26.9 Å². The summed E-state index contributed by atoms with van der Waals surface area (Å²) >= 11 is 3.55. The molecule has 2 aromatic rings. The lowest BCUT2D eigenvalue weighted by molar-refractivity contribution is 0.0996. The molecule has 0 spiro atoms. The van der Waals surface area contributed by atoms with Crippen LogP contribution in [0.3, 0.4) is 0 Å². The quantitative estimate of drug-likeness (QED) is 0.685. The maximum absolute atomic E-state index is 12.7. The summed E-state index contributed by atoms with van der Waals surface area (Å²) in [5.41, 5.74) is 5.39. The van der Waals surface area contributed by atoms with Crippen molar-refractivity contribution in [1.29, 1.82) is 0 Å². The fourth-order valence-electron chi connectivity index (χ4n) is 2.87. The zero-order chi connectivity index (χ0) is 16.1. The molecule has 1 heterocycles. The number of benzene rings is 2. The molecule has 1 aliphatic rings. The van der Waals surface area contributed by atoms with Crippen LogP contribution in [0.15, 0.2) is 40.9 Å². The number of hydrogen-bond acceptors (Lipinski definition) is 1. The number of anilines is 1. The molecule has 0 fully saturated rings. The summed E-state index contributed by atoms with van der Waals surface area (Å²) in [5.74, 6) is 0.0941. The number of rotatable bonds is 1. The molecule has 22 heavy (non-hydrogen) atoms. The van der Waals surface area contributed by atoms with E-state index >= 15 is 0 Å². The second-order valence-corrected chi connectivity index (χ2v) is 7.75. The van der Waals surface area contributed by atoms with Crippen LogP contribution in [0.1, 0.15) is 47.8 Å². The van der Waals surface area contributed by atoms with Crippen molar-refractivity contribution in [1.82, 2.24) is 0 Å². The second-order valence-electron chi connectivity index (χ2n) is 6.90. The van der Waals surface area contributed by atoms with Crippen molar-refractivity contribution in [3.05, 3.63) is 63.1 Å². The Kier molecular flexibility index (Phi) is 3.64. The van der Waals surface area contributed by atoms with E-state index in [-0.39, 0.29) is 11.3 Å². The van der Waals surface area contributed by atoms with Crippen LogP contribution in [0.25, 0.3) is 0 Å². The Balaban J connectivity index is 2.02. The Morgan fingerprint density at radius 3 is 2.55 bits per heavy atom. The fraction of sp³-hybridized carbons (Fsp3) is 0.316. The highest BCUT2D eigenvalue weighted by Crippen LogP contribution is 2.35. The van der Waals surface area contributed by atoms with Gasteiger partial charge in [-0.2, -0.15) is 0 Å². The van der Waals surface area contributed by atoms with Crippen LogP contribution < -0.4 is 4.90 Å². The largest absolute Gasteiger partial charge is 0.304 e. The highest BCUT2D eigenvalue weighted by Gasteiger charge is 2.30. The third-order valence-corrected chi connectivity index (χ3v) is 5.16. The average molecular weight is 358 g/mol. The minimum Gasteiger partial charge on any atom is -0.304 e. The minimum absolute atomic E-state index is 0.0941. The molecule has 1 amide bonds. The summed E-state index contributed by atoms with van der Waals surface area (Å²) in [6, 6.07) is 12.2. The fourth-order valence-corrected chi connectivity index (χ4v) is 3.23. The predicted molar refractivity (Wildman–Crippen MR) is 94.5 cm³/mol. The Morgan fingerprint density at radius 1 is 1.14 bits per heavy atom. The lowest BCUT2D eigenvalue weighted by Crippen LogP contribution is -2.23. The van der Waals surface area contributed by atoms with E-state index in [4.69, 9.17) is 0 Å². The number of carbonyl (C=O) groups excluding carboxylic acids is 1. The molecule has 0 saturated heterocycles. The van der Waals surface area contributed by atoms with Gasteiger partial charge in [0.05, 0.1) is 6.54 Å². The van der Waals surface area contributed by atoms with E-state index in [1.165, 1.54) is 5.56 Å². The lowest BCUT2D eigenvalue weighted by atomic mass is 9.85. The Morgan fingerprint density at radius 2 is 1.86 bits per heavy atom. The van der Waals surface area contributed by atoms with Crippen LogP contribution in [0.4, 0.5) is 5.69 Å². The zero-order valence-corrected chi connectivity index (χ0v) is 15.0. The Labute approximate surface area is 140 Å². The number of fused-ring (bicyclic) bond motifs is 1. The third-order valence-electron chi connectivity index (χ3n) is 4.31. The number of halogens is 1. The van der Waals surface area contributed by atoms with Gasteiger partial charge in [-0.05, 0) is 47.2 Å². The van der Waals surface area contributed by atoms with Crippen molar-refractivity contribution in [3.63, 3.8) is 0 Å². The van der Waals surface area contributed by atoms with Crippen molar-refractivity contribution < 1.29 is 4.79 Å². The van der Waals surface area contributed by atoms with Crippen molar-refractivity contribution in [2.75, 3.05) is 4.90 Å². The Hall–Kier alpha value is -1.61. The van der Waals surface area contributed by atoms with Crippen molar-refractivity contribution in [3.8, 4) is 0 Å². The number of amides is 1. The van der Waals surface area contributed by atoms with Gasteiger partial charge in [0.2, 0.25) is 0 Å². The Bertz CT molecular complexity index is 759. The van der Waals surface area contributed by atoms with Gasteiger partial charge in [-0.15, -0.1) is 0 Å². The van der Waals surface area contributed by atoms with E-state index < -0.39 is 0 Å². The average Bonchev–Trinajstić information content (AvgIpc) is 2.78. The van der Waals surface area contributed by atoms with Gasteiger partial charge in [-0.1, -0.05) is 54.9 Å². The molecule has 0 unspecified atom stereocenters. The molecule has 0 saturated carbocycles. The lowest BCUT2D eigenvalue weighted by Gasteiger charge is -2.20. The molecule has 0 aromatic heterocycles. The van der Waals surface area contributed by atoms with Gasteiger partial charge in [0, 0.05) is 15.7 Å². The van der Waals surface area contributed by atoms with Crippen LogP contribution in [0.2, 0.25) is 0 Å². The van der Waals surface area contributed by atoms with Crippen molar-refractivity contribution in [2.45, 2.75) is 39.7 Å². The van der Waals surface area contributed by atoms with Crippen LogP contribution in [0, 0.1) is 6.92 Å². The van der Waals surface area contributed by atoms with Gasteiger partial charge in [0.15, 0.2) is 0 Å². The zero-order valence-electron chi connectivity index (χ0n) is 13.4. The van der Waals surface area contributed by atoms with Crippen LogP contribution >= 0.6 is 15.9 Å². The van der Waals surface area contributed by atoms with Crippen molar-refractivity contribution >= 4 is 27.5 Å². The number of nitrogens with zero attached hydrogens (tertiary/aromatic N) is 1. The smallest absolute Gasteiger partial charge is 0.258 e. The standard InChI is InChI=1S/C19H20BrNO/c1-12-16(20)6-5-7-17(12)21-11-13-10-14(19(2,3)4)8-9-15(13)18(21)22/h5-10H,11H2,1-4H3. The summed E-state index contributed by atoms with van der Waals surface area (Å²) < 4.78 is 1.03. The molecule has 1 aliphatic heterocycles. The van der Waals surface area contributed by atoms with Crippen molar-refractivity contribution in [2.24, 2.45) is 0 Å². The molecular weight excluding hydrogens is 338 g/mol. The molecule has 0 atom stereocenters. The molecule has 2 aromatic carbocycles. The van der Waals surface area contributed by atoms with Gasteiger partial charge >= 0.3 is 0 Å². The molecule has 114 valence electrons. The monoisotopic (exact) mass is 357 g/mol. The molecular formula is C19H20BrNO. The predicted octanol–water partition coefficient (Wildman–Crippen LogP) is 5.22. The maximum Gasteiger partial charge on any atom is 0.258 e. The molecule has 2 nitrogen and oxygen atoms in total. The highest BCUT2D eigenvalue weighted by molar-refractivity contribution is 9.10. The van der Waals surface area contributed by atoms with Gasteiger partial charge < -0.3 is 4.90 Å². The first-order valence-electron chi connectivity index (χ1n) is 7.49. The first-order chi connectivity index (χ1) is 10.3. The van der Waals surface area contributed by atoms with E-state index in [1.807, 2.05) is 36.1 Å². The van der Waals surface area contributed by atoms with Gasteiger partial charge in [-0.25, -0.2) is 0 Å². The first-order valence-corrected chi connectivity index (χ1v) is 8.29. The summed E-state index contributed by atoms with van der Waals surface area (Å²) in [4.78, 5) is 14.6. The van der Waals surface area contributed by atoms with Gasteiger partial charge in [0.25, 0.3) is 5.91 Å². The van der Waals surface area contributed by atoms with Crippen LogP contribution in [-0.4, -0.2) is 5.91 Å². The summed E-state index contributed by atoms with van der Waals surface area (Å²) in [7, 11) is 0. The number of hydrogen-bond donors (Lipinski definition) is 0. The normalized spacial score (nSPS) is 14.4. The molecule has 0 N–H and O–H groups in total. The van der Waals surface area contributed by atoms with E-state index in [2.05, 4.69) is 48.8 Å².